The summed E-state index contributed by atoms with van der Waals surface area (Å²) in [5, 5.41) is 0.622. The molecule has 0 saturated carbocycles. The second kappa shape index (κ2) is 10.6. The molecule has 1 aromatic heterocycles. The number of fused-ring (bicyclic) bond motifs is 1. The van der Waals surface area contributed by atoms with E-state index in [0.29, 0.717) is 22.2 Å². The van der Waals surface area contributed by atoms with E-state index in [1.54, 1.807) is 49.5 Å². The van der Waals surface area contributed by atoms with Crippen LogP contribution in [0.25, 0.3) is 16.6 Å². The van der Waals surface area contributed by atoms with Crippen LogP contribution in [0, 0.1) is 5.82 Å². The maximum atomic E-state index is 14.0. The van der Waals surface area contributed by atoms with E-state index >= 15 is 0 Å². The van der Waals surface area contributed by atoms with Crippen molar-refractivity contribution < 1.29 is 22.7 Å². The van der Waals surface area contributed by atoms with E-state index in [2.05, 4.69) is 9.72 Å². The first kappa shape index (κ1) is 24.3. The second-order valence-electron chi connectivity index (χ2n) is 7.55. The Morgan fingerprint density at radius 1 is 1.06 bits per heavy atom. The Morgan fingerprint density at radius 3 is 2.46 bits per heavy atom. The third kappa shape index (κ3) is 5.65. The molecular formula is C25H20F3N3O3S. The number of hydrogen-bond donors (Lipinski definition) is 0. The molecule has 10 heteroatoms. The minimum absolute atomic E-state index is 0.0512. The highest BCUT2D eigenvalue weighted by atomic mass is 32.2. The van der Waals surface area contributed by atoms with Crippen molar-refractivity contribution in [3.8, 4) is 11.4 Å². The van der Waals surface area contributed by atoms with Gasteiger partial charge in [0.1, 0.15) is 11.6 Å². The minimum Gasteiger partial charge on any atom is -0.435 e. The molecule has 0 N–H and O–H groups in total. The number of carbonyl (C=O) groups excluding carboxylic acids is 1. The predicted molar refractivity (Wildman–Crippen MR) is 128 cm³/mol. The number of halogens is 3. The average Bonchev–Trinajstić information content (AvgIpc) is 2.84. The van der Waals surface area contributed by atoms with Crippen molar-refractivity contribution in [2.75, 3.05) is 12.8 Å². The molecule has 3 aromatic carbocycles. The van der Waals surface area contributed by atoms with Gasteiger partial charge in [-0.3, -0.25) is 14.2 Å². The van der Waals surface area contributed by atoms with Crippen LogP contribution in [0.4, 0.5) is 13.2 Å². The standard InChI is InChI=1S/C25H20F3N3O3S/c1-30(14-16-6-2-4-8-20(16)26)22(32)15-35-25-29-21-9-5-3-7-19(21)23(33)31(25)17-10-12-18(13-11-17)34-24(27)28/h2-13,24H,14-15H2,1H3. The minimum atomic E-state index is -2.97. The highest BCUT2D eigenvalue weighted by molar-refractivity contribution is 7.99. The van der Waals surface area contributed by atoms with Gasteiger partial charge in [-0.1, -0.05) is 42.1 Å². The summed E-state index contributed by atoms with van der Waals surface area (Å²) in [5.74, 6) is -0.788. The van der Waals surface area contributed by atoms with Crippen molar-refractivity contribution in [2.24, 2.45) is 0 Å². The molecule has 0 aliphatic heterocycles. The SMILES string of the molecule is CN(Cc1ccccc1F)C(=O)CSc1nc2ccccc2c(=O)n1-c1ccc(OC(F)F)cc1. The van der Waals surface area contributed by atoms with Crippen molar-refractivity contribution in [1.29, 1.82) is 0 Å². The number of rotatable bonds is 8. The summed E-state index contributed by atoms with van der Waals surface area (Å²) in [7, 11) is 1.57. The molecule has 0 aliphatic rings. The lowest BCUT2D eigenvalue weighted by molar-refractivity contribution is -0.127. The van der Waals surface area contributed by atoms with Gasteiger partial charge in [-0.25, -0.2) is 9.37 Å². The molecule has 0 saturated heterocycles. The zero-order chi connectivity index (χ0) is 24.9. The Bertz CT molecular complexity index is 1410. The quantitative estimate of drug-likeness (QED) is 0.256. The van der Waals surface area contributed by atoms with Crippen LogP contribution in [-0.4, -0.2) is 39.8 Å². The molecule has 0 aliphatic carbocycles. The van der Waals surface area contributed by atoms with Crippen LogP contribution >= 0.6 is 11.8 Å². The van der Waals surface area contributed by atoms with E-state index in [4.69, 9.17) is 0 Å². The van der Waals surface area contributed by atoms with Crippen molar-refractivity contribution in [1.82, 2.24) is 14.5 Å². The number of carbonyl (C=O) groups is 1. The van der Waals surface area contributed by atoms with E-state index in [0.717, 1.165) is 11.8 Å². The average molecular weight is 500 g/mol. The smallest absolute Gasteiger partial charge is 0.387 e. The van der Waals surface area contributed by atoms with E-state index in [-0.39, 0.29) is 34.7 Å². The van der Waals surface area contributed by atoms with Crippen molar-refractivity contribution >= 4 is 28.6 Å². The lowest BCUT2D eigenvalue weighted by atomic mass is 10.2. The molecule has 1 heterocycles. The van der Waals surface area contributed by atoms with Gasteiger partial charge in [-0.15, -0.1) is 0 Å². The normalized spacial score (nSPS) is 11.1. The molecule has 1 amide bonds. The zero-order valence-electron chi connectivity index (χ0n) is 18.5. The predicted octanol–water partition coefficient (Wildman–Crippen LogP) is 4.88. The van der Waals surface area contributed by atoms with E-state index in [1.165, 1.54) is 39.8 Å². The fourth-order valence-electron chi connectivity index (χ4n) is 3.42. The Balaban J connectivity index is 1.62. The van der Waals surface area contributed by atoms with Gasteiger partial charge in [-0.05, 0) is 42.5 Å². The zero-order valence-corrected chi connectivity index (χ0v) is 19.3. The Labute approximate surface area is 203 Å². The summed E-state index contributed by atoms with van der Waals surface area (Å²) in [4.78, 5) is 32.0. The van der Waals surface area contributed by atoms with Gasteiger partial charge in [0.15, 0.2) is 5.16 Å². The molecule has 4 aromatic rings. The number of thioether (sulfide) groups is 1. The van der Waals surface area contributed by atoms with Crippen LogP contribution in [-0.2, 0) is 11.3 Å². The molecule has 0 spiro atoms. The third-order valence-electron chi connectivity index (χ3n) is 5.18. The largest absolute Gasteiger partial charge is 0.435 e. The highest BCUT2D eigenvalue weighted by Gasteiger charge is 2.17. The number of aromatic nitrogens is 2. The monoisotopic (exact) mass is 499 g/mol. The molecule has 35 heavy (non-hydrogen) atoms. The van der Waals surface area contributed by atoms with Gasteiger partial charge in [0.25, 0.3) is 5.56 Å². The second-order valence-corrected chi connectivity index (χ2v) is 8.50. The summed E-state index contributed by atoms with van der Waals surface area (Å²) >= 11 is 1.05. The van der Waals surface area contributed by atoms with E-state index in [1.807, 2.05) is 0 Å². The molecule has 6 nitrogen and oxygen atoms in total. The first-order valence-corrected chi connectivity index (χ1v) is 11.5. The van der Waals surface area contributed by atoms with Crippen LogP contribution in [0.1, 0.15) is 5.56 Å². The summed E-state index contributed by atoms with van der Waals surface area (Å²) in [6.45, 7) is -2.88. The molecule has 180 valence electrons. The Kier molecular flexibility index (Phi) is 7.40. The summed E-state index contributed by atoms with van der Waals surface area (Å²) in [6.07, 6.45) is 0. The molecule has 0 bridgehead atoms. The number of benzene rings is 3. The van der Waals surface area contributed by atoms with Gasteiger partial charge < -0.3 is 9.64 Å². The number of ether oxygens (including phenoxy) is 1. The lowest BCUT2D eigenvalue weighted by Crippen LogP contribution is -2.29. The first-order valence-electron chi connectivity index (χ1n) is 10.5. The maximum Gasteiger partial charge on any atom is 0.387 e. The number of alkyl halides is 2. The summed E-state index contributed by atoms with van der Waals surface area (Å²) in [6, 6.07) is 18.6. The lowest BCUT2D eigenvalue weighted by Gasteiger charge is -2.18. The van der Waals surface area contributed by atoms with E-state index in [9.17, 15) is 22.8 Å². The summed E-state index contributed by atoms with van der Waals surface area (Å²) < 4.78 is 44.7. The fraction of sp³-hybridized carbons (Fsp3) is 0.160. The number of amides is 1. The number of hydrogen-bond acceptors (Lipinski definition) is 5. The van der Waals surface area contributed by atoms with E-state index < -0.39 is 12.4 Å². The highest BCUT2D eigenvalue weighted by Crippen LogP contribution is 2.24. The van der Waals surface area contributed by atoms with Gasteiger partial charge in [0.05, 0.1) is 22.3 Å². The van der Waals surface area contributed by atoms with Gasteiger partial charge in [-0.2, -0.15) is 8.78 Å². The molecular weight excluding hydrogens is 479 g/mol. The molecule has 0 unspecified atom stereocenters. The topological polar surface area (TPSA) is 64.4 Å². The maximum absolute atomic E-state index is 14.0. The Hall–Kier alpha value is -3.79. The third-order valence-corrected chi connectivity index (χ3v) is 6.10. The Morgan fingerprint density at radius 2 is 1.74 bits per heavy atom. The van der Waals surface area contributed by atoms with Crippen molar-refractivity contribution in [3.63, 3.8) is 0 Å². The van der Waals surface area contributed by atoms with Gasteiger partial charge in [0.2, 0.25) is 5.91 Å². The van der Waals surface area contributed by atoms with Crippen LogP contribution in [0.5, 0.6) is 5.75 Å². The van der Waals surface area contributed by atoms with Gasteiger partial charge >= 0.3 is 6.61 Å². The molecule has 0 fully saturated rings. The number of nitrogens with zero attached hydrogens (tertiary/aromatic N) is 3. The first-order chi connectivity index (χ1) is 16.8. The van der Waals surface area contributed by atoms with Crippen LogP contribution in [0.15, 0.2) is 82.7 Å². The molecule has 4 rings (SSSR count). The van der Waals surface area contributed by atoms with Gasteiger partial charge in [0, 0.05) is 19.2 Å². The van der Waals surface area contributed by atoms with Crippen LogP contribution < -0.4 is 10.3 Å². The van der Waals surface area contributed by atoms with Crippen molar-refractivity contribution in [2.45, 2.75) is 18.3 Å². The molecule has 0 atom stereocenters. The summed E-state index contributed by atoms with van der Waals surface area (Å²) in [5.41, 5.74) is 0.860. The number of para-hydroxylation sites is 1. The van der Waals surface area contributed by atoms with Crippen LogP contribution in [0.2, 0.25) is 0 Å². The fourth-order valence-corrected chi connectivity index (χ4v) is 4.37. The van der Waals surface area contributed by atoms with Crippen molar-refractivity contribution in [3.05, 3.63) is 94.5 Å². The van der Waals surface area contributed by atoms with Crippen LogP contribution in [0.3, 0.4) is 0 Å². The molecule has 0 radical (unpaired) electrons.